The van der Waals surface area contributed by atoms with Gasteiger partial charge in [0.25, 0.3) is 0 Å². The molecule has 160 valence electrons. The lowest BCUT2D eigenvalue weighted by Gasteiger charge is -2.30. The maximum absolute atomic E-state index is 13.1. The molecular weight excluding hydrogens is 408 g/mol. The van der Waals surface area contributed by atoms with Gasteiger partial charge in [0, 0.05) is 23.3 Å². The molecule has 0 radical (unpaired) electrons. The zero-order valence-corrected chi connectivity index (χ0v) is 19.0. The van der Waals surface area contributed by atoms with E-state index < -0.39 is 6.23 Å². The van der Waals surface area contributed by atoms with Crippen molar-refractivity contribution in [1.82, 2.24) is 15.2 Å². The summed E-state index contributed by atoms with van der Waals surface area (Å²) in [7, 11) is 0. The fourth-order valence-corrected chi connectivity index (χ4v) is 4.13. The quantitative estimate of drug-likeness (QED) is 0.499. The maximum Gasteiger partial charge on any atom is 0.247 e. The summed E-state index contributed by atoms with van der Waals surface area (Å²) in [6, 6.07) is 15.7. The molecule has 0 fully saturated rings. The molecule has 1 aliphatic rings. The Morgan fingerprint density at radius 2 is 1.87 bits per heavy atom. The van der Waals surface area contributed by atoms with Crippen LogP contribution in [0.4, 0.5) is 5.69 Å². The van der Waals surface area contributed by atoms with Gasteiger partial charge in [-0.3, -0.25) is 9.69 Å². The van der Waals surface area contributed by atoms with E-state index in [0.29, 0.717) is 29.1 Å². The standard InChI is InChI=1S/C24H26N4O2S/c1-5-20(29)28-19-9-7-6-8-18(19)21-22(25-24(27-26-21)31-14-15(2)3)30-23(28)17-12-10-16(4)11-13-17/h6-13,15,23H,5,14H2,1-4H3/t23-/m1/s1. The molecule has 0 saturated heterocycles. The molecule has 0 spiro atoms. The summed E-state index contributed by atoms with van der Waals surface area (Å²) in [5.41, 5.74) is 4.10. The molecule has 3 aromatic rings. The minimum atomic E-state index is -0.643. The lowest BCUT2D eigenvalue weighted by molar-refractivity contribution is -0.120. The number of carbonyl (C=O) groups excluding carboxylic acids is 1. The van der Waals surface area contributed by atoms with Crippen molar-refractivity contribution in [3.63, 3.8) is 0 Å². The van der Waals surface area contributed by atoms with Crippen molar-refractivity contribution in [3.8, 4) is 17.1 Å². The number of rotatable bonds is 5. The van der Waals surface area contributed by atoms with Gasteiger partial charge in [-0.25, -0.2) is 0 Å². The molecule has 0 bridgehead atoms. The van der Waals surface area contributed by atoms with Crippen LogP contribution in [0.5, 0.6) is 5.88 Å². The van der Waals surface area contributed by atoms with Crippen molar-refractivity contribution >= 4 is 23.4 Å². The predicted molar refractivity (Wildman–Crippen MR) is 123 cm³/mol. The molecule has 1 aliphatic heterocycles. The van der Waals surface area contributed by atoms with Crippen LogP contribution >= 0.6 is 11.8 Å². The van der Waals surface area contributed by atoms with Crippen LogP contribution in [0.25, 0.3) is 11.3 Å². The van der Waals surface area contributed by atoms with Crippen molar-refractivity contribution in [2.75, 3.05) is 10.7 Å². The van der Waals surface area contributed by atoms with Crippen LogP contribution in [0.2, 0.25) is 0 Å². The Kier molecular flexibility index (Phi) is 6.23. The van der Waals surface area contributed by atoms with Crippen molar-refractivity contribution < 1.29 is 9.53 Å². The van der Waals surface area contributed by atoms with Gasteiger partial charge in [-0.15, -0.1) is 10.2 Å². The van der Waals surface area contributed by atoms with Gasteiger partial charge >= 0.3 is 0 Å². The fourth-order valence-electron chi connectivity index (χ4n) is 3.40. The second kappa shape index (κ2) is 9.06. The van der Waals surface area contributed by atoms with Gasteiger partial charge in [0.05, 0.1) is 5.69 Å². The van der Waals surface area contributed by atoms with Crippen LogP contribution in [0.3, 0.4) is 0 Å². The third kappa shape index (κ3) is 4.42. The fraction of sp³-hybridized carbons (Fsp3) is 0.333. The highest BCUT2D eigenvalue weighted by Crippen LogP contribution is 2.43. The maximum atomic E-state index is 13.1. The smallest absolute Gasteiger partial charge is 0.247 e. The number of anilines is 1. The first-order valence-electron chi connectivity index (χ1n) is 10.5. The molecule has 0 N–H and O–H groups in total. The molecule has 7 heteroatoms. The van der Waals surface area contributed by atoms with E-state index in [1.54, 1.807) is 16.7 Å². The average Bonchev–Trinajstić information content (AvgIpc) is 2.92. The Labute approximate surface area is 187 Å². The Morgan fingerprint density at radius 1 is 1.13 bits per heavy atom. The Bertz CT molecular complexity index is 1090. The van der Waals surface area contributed by atoms with E-state index in [1.807, 2.05) is 62.4 Å². The van der Waals surface area contributed by atoms with E-state index in [9.17, 15) is 4.79 Å². The van der Waals surface area contributed by atoms with Crippen LogP contribution in [0.15, 0.2) is 53.7 Å². The summed E-state index contributed by atoms with van der Waals surface area (Å²) in [6.45, 7) is 8.19. The molecular formula is C24H26N4O2S. The summed E-state index contributed by atoms with van der Waals surface area (Å²) in [6.07, 6.45) is -0.291. The van der Waals surface area contributed by atoms with Gasteiger partial charge in [-0.1, -0.05) is 80.6 Å². The number of benzene rings is 2. The number of aromatic nitrogens is 3. The number of fused-ring (bicyclic) bond motifs is 3. The average molecular weight is 435 g/mol. The molecule has 0 unspecified atom stereocenters. The molecule has 1 atom stereocenters. The Morgan fingerprint density at radius 3 is 2.58 bits per heavy atom. The number of ether oxygens (including phenoxy) is 1. The highest BCUT2D eigenvalue weighted by atomic mass is 32.2. The Balaban J connectivity index is 1.87. The molecule has 6 nitrogen and oxygen atoms in total. The summed E-state index contributed by atoms with van der Waals surface area (Å²) >= 11 is 1.55. The van der Waals surface area contributed by atoms with E-state index in [0.717, 1.165) is 28.1 Å². The first-order valence-corrected chi connectivity index (χ1v) is 11.5. The number of amides is 1. The summed E-state index contributed by atoms with van der Waals surface area (Å²) < 4.78 is 6.43. The van der Waals surface area contributed by atoms with Crippen molar-refractivity contribution in [2.45, 2.75) is 45.5 Å². The van der Waals surface area contributed by atoms with E-state index in [2.05, 4.69) is 29.0 Å². The van der Waals surface area contributed by atoms with Gasteiger partial charge in [0.15, 0.2) is 5.69 Å². The summed E-state index contributed by atoms with van der Waals surface area (Å²) in [5, 5.41) is 9.36. The third-order valence-corrected chi connectivity index (χ3v) is 6.26. The highest BCUT2D eigenvalue weighted by molar-refractivity contribution is 7.99. The van der Waals surface area contributed by atoms with E-state index in [1.165, 1.54) is 0 Å². The van der Waals surface area contributed by atoms with Crippen LogP contribution in [0, 0.1) is 12.8 Å². The minimum absolute atomic E-state index is 0.0341. The van der Waals surface area contributed by atoms with E-state index >= 15 is 0 Å². The SMILES string of the molecule is CCC(=O)N1c2ccccc2-c2nnc(SCC(C)C)nc2O[C@@H]1c1ccc(C)cc1. The lowest BCUT2D eigenvalue weighted by atomic mass is 10.1. The number of nitrogens with zero attached hydrogens (tertiary/aromatic N) is 4. The topological polar surface area (TPSA) is 68.2 Å². The second-order valence-electron chi connectivity index (χ2n) is 7.97. The largest absolute Gasteiger partial charge is 0.447 e. The van der Waals surface area contributed by atoms with Crippen LogP contribution in [-0.2, 0) is 4.79 Å². The molecule has 1 aromatic heterocycles. The summed E-state index contributed by atoms with van der Waals surface area (Å²) in [4.78, 5) is 19.5. The number of thioether (sulfide) groups is 1. The first-order chi connectivity index (χ1) is 15.0. The van der Waals surface area contributed by atoms with Crippen LogP contribution < -0.4 is 9.64 Å². The minimum Gasteiger partial charge on any atom is -0.447 e. The monoisotopic (exact) mass is 434 g/mol. The van der Waals surface area contributed by atoms with Gasteiger partial charge in [0.1, 0.15) is 0 Å². The number of para-hydroxylation sites is 1. The predicted octanol–water partition coefficient (Wildman–Crippen LogP) is 5.43. The zero-order chi connectivity index (χ0) is 22.0. The molecule has 1 amide bonds. The number of carbonyl (C=O) groups is 1. The molecule has 31 heavy (non-hydrogen) atoms. The van der Waals surface area contributed by atoms with Gasteiger partial charge in [-0.2, -0.15) is 4.98 Å². The van der Waals surface area contributed by atoms with Crippen LogP contribution in [0.1, 0.15) is 44.5 Å². The lowest BCUT2D eigenvalue weighted by Crippen LogP contribution is -2.37. The molecule has 2 heterocycles. The third-order valence-electron chi connectivity index (χ3n) is 4.99. The molecule has 4 rings (SSSR count). The van der Waals surface area contributed by atoms with Crippen molar-refractivity contribution in [2.24, 2.45) is 5.92 Å². The Hall–Kier alpha value is -2.93. The van der Waals surface area contributed by atoms with E-state index in [4.69, 9.17) is 4.74 Å². The zero-order valence-electron chi connectivity index (χ0n) is 18.2. The molecule has 2 aromatic carbocycles. The number of aryl methyl sites for hydroxylation is 1. The highest BCUT2D eigenvalue weighted by Gasteiger charge is 2.35. The normalized spacial score (nSPS) is 15.1. The molecule has 0 saturated carbocycles. The van der Waals surface area contributed by atoms with Crippen molar-refractivity contribution in [3.05, 3.63) is 59.7 Å². The van der Waals surface area contributed by atoms with Crippen molar-refractivity contribution in [1.29, 1.82) is 0 Å². The summed E-state index contributed by atoms with van der Waals surface area (Å²) in [5.74, 6) is 1.75. The van der Waals surface area contributed by atoms with Gasteiger partial charge < -0.3 is 4.74 Å². The van der Waals surface area contributed by atoms with Gasteiger partial charge in [0.2, 0.25) is 23.2 Å². The number of hydrogen-bond donors (Lipinski definition) is 0. The number of hydrogen-bond acceptors (Lipinski definition) is 6. The first kappa shape index (κ1) is 21.3. The second-order valence-corrected chi connectivity index (χ2v) is 8.96. The van der Waals surface area contributed by atoms with Crippen LogP contribution in [-0.4, -0.2) is 26.8 Å². The van der Waals surface area contributed by atoms with Gasteiger partial charge in [-0.05, 0) is 18.9 Å². The molecule has 0 aliphatic carbocycles. The van der Waals surface area contributed by atoms with E-state index in [-0.39, 0.29) is 5.91 Å².